The standard InChI is InChI=1S/C20H14F6N3O/c21-19(22,23)12-6-13(20(24,25)26)8-14(7-12)29-10-28-17(27-29)9-30-16-5-11-3-1-2-4-15(11)18(16)28/h1-4,6-8,10,16,18H,5,9H2/q+1/t16-,18+/m1/s1. The first-order valence-electron chi connectivity index (χ1n) is 9.10. The third-order valence-electron chi connectivity index (χ3n) is 5.47. The minimum atomic E-state index is -4.92. The summed E-state index contributed by atoms with van der Waals surface area (Å²) in [5.74, 6) is 0.430. The van der Waals surface area contributed by atoms with Gasteiger partial charge in [-0.1, -0.05) is 28.9 Å². The largest absolute Gasteiger partial charge is 0.416 e. The van der Waals surface area contributed by atoms with Gasteiger partial charge in [0.15, 0.2) is 0 Å². The molecule has 0 fully saturated rings. The van der Waals surface area contributed by atoms with Crippen molar-refractivity contribution in [2.75, 3.05) is 0 Å². The lowest BCUT2D eigenvalue weighted by Gasteiger charge is -2.23. The molecule has 0 bridgehead atoms. The highest BCUT2D eigenvalue weighted by Gasteiger charge is 2.44. The minimum Gasteiger partial charge on any atom is -0.363 e. The minimum absolute atomic E-state index is 0.104. The number of rotatable bonds is 1. The molecule has 4 nitrogen and oxygen atoms in total. The Morgan fingerprint density at radius 1 is 0.967 bits per heavy atom. The summed E-state index contributed by atoms with van der Waals surface area (Å²) < 4.78 is 87.9. The van der Waals surface area contributed by atoms with E-state index in [1.807, 2.05) is 24.3 Å². The Morgan fingerprint density at radius 2 is 1.63 bits per heavy atom. The van der Waals surface area contributed by atoms with Gasteiger partial charge in [0.1, 0.15) is 24.4 Å². The van der Waals surface area contributed by atoms with Crippen LogP contribution in [-0.4, -0.2) is 15.9 Å². The molecule has 3 aromatic rings. The predicted molar refractivity (Wildman–Crippen MR) is 90.6 cm³/mol. The van der Waals surface area contributed by atoms with E-state index in [1.54, 1.807) is 4.57 Å². The van der Waals surface area contributed by atoms with Crippen molar-refractivity contribution in [3.05, 3.63) is 76.9 Å². The molecule has 0 amide bonds. The fourth-order valence-corrected chi connectivity index (χ4v) is 4.12. The van der Waals surface area contributed by atoms with E-state index in [0.29, 0.717) is 24.4 Å². The summed E-state index contributed by atoms with van der Waals surface area (Å²) in [6.45, 7) is 0.118. The molecular formula is C20H14F6N3O+. The Bertz CT molecular complexity index is 1100. The second-order valence-corrected chi connectivity index (χ2v) is 7.34. The second-order valence-electron chi connectivity index (χ2n) is 7.34. The highest BCUT2D eigenvalue weighted by atomic mass is 19.4. The van der Waals surface area contributed by atoms with Crippen LogP contribution >= 0.6 is 0 Å². The van der Waals surface area contributed by atoms with E-state index < -0.39 is 23.5 Å². The highest BCUT2D eigenvalue weighted by Crippen LogP contribution is 2.38. The van der Waals surface area contributed by atoms with Gasteiger partial charge in [-0.2, -0.15) is 26.3 Å². The van der Waals surface area contributed by atoms with Crippen molar-refractivity contribution in [2.24, 2.45) is 0 Å². The van der Waals surface area contributed by atoms with Crippen LogP contribution in [0.1, 0.15) is 34.1 Å². The second kappa shape index (κ2) is 6.31. The van der Waals surface area contributed by atoms with Crippen LogP contribution in [0.5, 0.6) is 0 Å². The number of hydrogen-bond acceptors (Lipinski definition) is 2. The Hall–Kier alpha value is -2.88. The van der Waals surface area contributed by atoms with E-state index in [9.17, 15) is 26.3 Å². The SMILES string of the molecule is FC(F)(F)c1cc(-n2c[n+]3c(n2)CO[C@@H]2Cc4ccccc4[C@@H]23)cc(C(F)(F)F)c1. The van der Waals surface area contributed by atoms with Crippen LogP contribution in [0.15, 0.2) is 48.8 Å². The van der Waals surface area contributed by atoms with Gasteiger partial charge in [0.25, 0.3) is 0 Å². The van der Waals surface area contributed by atoms with Crippen molar-refractivity contribution in [1.82, 2.24) is 9.78 Å². The molecule has 2 atom stereocenters. The molecule has 2 heterocycles. The van der Waals surface area contributed by atoms with Crippen molar-refractivity contribution < 1.29 is 35.6 Å². The van der Waals surface area contributed by atoms with Gasteiger partial charge >= 0.3 is 18.2 Å². The van der Waals surface area contributed by atoms with Gasteiger partial charge in [0.2, 0.25) is 6.33 Å². The van der Waals surface area contributed by atoms with E-state index in [4.69, 9.17) is 4.74 Å². The first-order chi connectivity index (χ1) is 14.1. The third-order valence-corrected chi connectivity index (χ3v) is 5.47. The lowest BCUT2D eigenvalue weighted by molar-refractivity contribution is -0.739. The van der Waals surface area contributed by atoms with Gasteiger partial charge in [-0.05, 0) is 29.3 Å². The zero-order valence-electron chi connectivity index (χ0n) is 15.2. The maximum atomic E-state index is 13.2. The summed E-state index contributed by atoms with van der Waals surface area (Å²) in [4.78, 5) is 0. The summed E-state index contributed by atoms with van der Waals surface area (Å²) >= 11 is 0. The van der Waals surface area contributed by atoms with E-state index in [-0.39, 0.29) is 30.5 Å². The molecule has 0 radical (unpaired) electrons. The van der Waals surface area contributed by atoms with Gasteiger partial charge in [0.05, 0.1) is 11.1 Å². The molecular weight excluding hydrogens is 412 g/mol. The Morgan fingerprint density at radius 3 is 2.30 bits per heavy atom. The zero-order chi connectivity index (χ0) is 21.3. The molecule has 2 aliphatic rings. The summed E-state index contributed by atoms with van der Waals surface area (Å²) in [6.07, 6.45) is -7.89. The molecule has 5 rings (SSSR count). The number of halogens is 6. The monoisotopic (exact) mass is 426 g/mol. The van der Waals surface area contributed by atoms with Crippen molar-refractivity contribution in [1.29, 1.82) is 0 Å². The number of nitrogens with zero attached hydrogens (tertiary/aromatic N) is 3. The van der Waals surface area contributed by atoms with Crippen LogP contribution in [0.25, 0.3) is 5.69 Å². The Balaban J connectivity index is 1.63. The molecule has 0 saturated heterocycles. The molecule has 156 valence electrons. The number of aromatic nitrogens is 3. The summed E-state index contributed by atoms with van der Waals surface area (Å²) in [6, 6.07) is 8.90. The average Bonchev–Trinajstić information content (AvgIpc) is 3.27. The highest BCUT2D eigenvalue weighted by molar-refractivity contribution is 5.42. The lowest BCUT2D eigenvalue weighted by Crippen LogP contribution is -2.51. The number of ether oxygens (including phenoxy) is 1. The van der Waals surface area contributed by atoms with Gasteiger partial charge < -0.3 is 4.74 Å². The van der Waals surface area contributed by atoms with Gasteiger partial charge in [-0.15, -0.1) is 0 Å². The fraction of sp³-hybridized carbons (Fsp3) is 0.300. The van der Waals surface area contributed by atoms with E-state index in [0.717, 1.165) is 15.8 Å². The van der Waals surface area contributed by atoms with Gasteiger partial charge in [0, 0.05) is 11.5 Å². The van der Waals surface area contributed by atoms with E-state index in [2.05, 4.69) is 5.10 Å². The fourth-order valence-electron chi connectivity index (χ4n) is 4.12. The van der Waals surface area contributed by atoms with Crippen LogP contribution in [0, 0.1) is 0 Å². The van der Waals surface area contributed by atoms with Gasteiger partial charge in [-0.3, -0.25) is 0 Å². The third kappa shape index (κ3) is 3.06. The summed E-state index contributed by atoms with van der Waals surface area (Å²) in [7, 11) is 0. The number of fused-ring (bicyclic) bond motifs is 5. The van der Waals surface area contributed by atoms with Crippen molar-refractivity contribution in [3.63, 3.8) is 0 Å². The van der Waals surface area contributed by atoms with Crippen LogP contribution in [0.4, 0.5) is 26.3 Å². The van der Waals surface area contributed by atoms with Crippen LogP contribution < -0.4 is 4.57 Å². The molecule has 0 saturated carbocycles. The number of hydrogen-bond donors (Lipinski definition) is 0. The van der Waals surface area contributed by atoms with Crippen molar-refractivity contribution in [3.8, 4) is 5.69 Å². The molecule has 10 heteroatoms. The Kier molecular flexibility index (Phi) is 4.02. The molecule has 2 aromatic carbocycles. The maximum Gasteiger partial charge on any atom is 0.416 e. The molecule has 1 aliphatic heterocycles. The smallest absolute Gasteiger partial charge is 0.363 e. The molecule has 0 unspecified atom stereocenters. The number of benzene rings is 2. The maximum absolute atomic E-state index is 13.2. The van der Waals surface area contributed by atoms with Crippen molar-refractivity contribution in [2.45, 2.75) is 37.5 Å². The van der Waals surface area contributed by atoms with Crippen LogP contribution in [0.2, 0.25) is 0 Å². The number of alkyl halides is 6. The van der Waals surface area contributed by atoms with Gasteiger partial charge in [-0.25, -0.2) is 4.57 Å². The molecule has 30 heavy (non-hydrogen) atoms. The quantitative estimate of drug-likeness (QED) is 0.431. The average molecular weight is 426 g/mol. The molecule has 0 N–H and O–H groups in total. The normalized spacial score (nSPS) is 20.6. The van der Waals surface area contributed by atoms with E-state index >= 15 is 0 Å². The topological polar surface area (TPSA) is 30.9 Å². The summed E-state index contributed by atoms with van der Waals surface area (Å²) in [5, 5.41) is 4.22. The zero-order valence-corrected chi connectivity index (χ0v) is 15.2. The first-order valence-corrected chi connectivity index (χ1v) is 9.10. The van der Waals surface area contributed by atoms with Crippen molar-refractivity contribution >= 4 is 0 Å². The first kappa shape index (κ1) is 19.1. The lowest BCUT2D eigenvalue weighted by atomic mass is 10.1. The summed E-state index contributed by atoms with van der Waals surface area (Å²) in [5.41, 5.74) is -0.980. The predicted octanol–water partition coefficient (Wildman–Crippen LogP) is 4.24. The Labute approximate surface area is 166 Å². The molecule has 0 spiro atoms. The van der Waals surface area contributed by atoms with Crippen LogP contribution in [-0.2, 0) is 30.1 Å². The van der Waals surface area contributed by atoms with Crippen LogP contribution in [0.3, 0.4) is 0 Å². The molecule has 1 aromatic heterocycles. The van der Waals surface area contributed by atoms with E-state index in [1.165, 1.54) is 6.33 Å². The molecule has 1 aliphatic carbocycles.